The summed E-state index contributed by atoms with van der Waals surface area (Å²) in [4.78, 5) is 4.61. The van der Waals surface area contributed by atoms with Crippen LogP contribution in [0.1, 0.15) is 103 Å². The van der Waals surface area contributed by atoms with Gasteiger partial charge in [0.05, 0.1) is 18.5 Å². The summed E-state index contributed by atoms with van der Waals surface area (Å²) in [5.74, 6) is 2.83. The molecule has 1 heterocycles. The van der Waals surface area contributed by atoms with Gasteiger partial charge in [0.1, 0.15) is 5.75 Å². The Morgan fingerprint density at radius 3 is 2.09 bits per heavy atom. The minimum absolute atomic E-state index is 0.782. The molecule has 0 spiro atoms. The third-order valence-corrected chi connectivity index (χ3v) is 7.28. The quantitative estimate of drug-likeness (QED) is 0.276. The first-order valence-corrected chi connectivity index (χ1v) is 13.5. The van der Waals surface area contributed by atoms with E-state index >= 15 is 0 Å². The van der Waals surface area contributed by atoms with E-state index in [0.717, 1.165) is 36.3 Å². The maximum atomic E-state index is 5.78. The van der Waals surface area contributed by atoms with Crippen molar-refractivity contribution in [2.24, 2.45) is 11.8 Å². The summed E-state index contributed by atoms with van der Waals surface area (Å²) in [6.07, 6.45) is 21.0. The minimum Gasteiger partial charge on any atom is -0.492 e. The van der Waals surface area contributed by atoms with Crippen LogP contribution in [0, 0.1) is 11.8 Å². The van der Waals surface area contributed by atoms with Crippen molar-refractivity contribution in [3.05, 3.63) is 48.2 Å². The first kappa shape index (κ1) is 24.8. The molecule has 0 bridgehead atoms. The number of hydrogen-bond donors (Lipinski definition) is 0. The normalized spacial score (nSPS) is 18.6. The van der Waals surface area contributed by atoms with Gasteiger partial charge in [-0.05, 0) is 48.8 Å². The molecule has 1 aromatic heterocycles. The van der Waals surface area contributed by atoms with Crippen LogP contribution in [-0.2, 0) is 6.42 Å². The van der Waals surface area contributed by atoms with Gasteiger partial charge in [-0.3, -0.25) is 4.98 Å². The van der Waals surface area contributed by atoms with Crippen LogP contribution in [0.5, 0.6) is 5.75 Å². The van der Waals surface area contributed by atoms with Crippen molar-refractivity contribution in [1.29, 1.82) is 0 Å². The molecule has 0 aliphatic heterocycles. The lowest BCUT2D eigenvalue weighted by atomic mass is 9.77. The van der Waals surface area contributed by atoms with Crippen LogP contribution in [0.2, 0.25) is 0 Å². The summed E-state index contributed by atoms with van der Waals surface area (Å²) in [6.45, 7) is 5.30. The maximum Gasteiger partial charge on any atom is 0.137 e. The zero-order valence-electron chi connectivity index (χ0n) is 20.7. The number of nitrogens with zero attached hydrogens (tertiary/aromatic N) is 1. The highest BCUT2D eigenvalue weighted by Gasteiger charge is 2.20. The van der Waals surface area contributed by atoms with Crippen LogP contribution in [0.4, 0.5) is 0 Å². The first-order chi connectivity index (χ1) is 15.8. The summed E-state index contributed by atoms with van der Waals surface area (Å²) in [5.41, 5.74) is 3.68. The van der Waals surface area contributed by atoms with Crippen LogP contribution in [0.3, 0.4) is 0 Å². The largest absolute Gasteiger partial charge is 0.492 e. The molecule has 0 radical (unpaired) electrons. The van der Waals surface area contributed by atoms with Gasteiger partial charge >= 0.3 is 0 Å². The van der Waals surface area contributed by atoms with Gasteiger partial charge in [0.25, 0.3) is 0 Å². The zero-order chi connectivity index (χ0) is 22.4. The van der Waals surface area contributed by atoms with E-state index in [-0.39, 0.29) is 0 Å². The maximum absolute atomic E-state index is 5.78. The summed E-state index contributed by atoms with van der Waals surface area (Å²) < 4.78 is 5.78. The van der Waals surface area contributed by atoms with Gasteiger partial charge < -0.3 is 4.74 Å². The van der Waals surface area contributed by atoms with Crippen molar-refractivity contribution in [2.45, 2.75) is 104 Å². The molecule has 1 aliphatic carbocycles. The van der Waals surface area contributed by atoms with E-state index in [9.17, 15) is 0 Å². The second-order valence-corrected chi connectivity index (χ2v) is 9.91. The molecule has 1 fully saturated rings. The lowest BCUT2D eigenvalue weighted by Gasteiger charge is -2.28. The second kappa shape index (κ2) is 14.3. The molecule has 1 saturated carbocycles. The van der Waals surface area contributed by atoms with E-state index in [4.69, 9.17) is 4.74 Å². The fourth-order valence-electron chi connectivity index (χ4n) is 5.06. The van der Waals surface area contributed by atoms with Crippen molar-refractivity contribution in [1.82, 2.24) is 4.98 Å². The van der Waals surface area contributed by atoms with Crippen molar-refractivity contribution < 1.29 is 4.74 Å². The molecule has 0 atom stereocenters. The molecular weight excluding hydrogens is 390 g/mol. The average Bonchev–Trinajstić information content (AvgIpc) is 2.85. The highest BCUT2D eigenvalue weighted by atomic mass is 16.5. The van der Waals surface area contributed by atoms with Crippen LogP contribution in [0.25, 0.3) is 11.3 Å². The fraction of sp³-hybridized carbons (Fsp3) is 0.633. The number of rotatable bonds is 14. The van der Waals surface area contributed by atoms with E-state index < -0.39 is 0 Å². The Balaban J connectivity index is 1.37. The van der Waals surface area contributed by atoms with Gasteiger partial charge in [0.15, 0.2) is 0 Å². The third kappa shape index (κ3) is 8.60. The Morgan fingerprint density at radius 1 is 0.750 bits per heavy atom. The number of aryl methyl sites for hydroxylation is 1. The molecule has 2 aromatic rings. The monoisotopic (exact) mass is 435 g/mol. The van der Waals surface area contributed by atoms with E-state index in [1.807, 2.05) is 12.3 Å². The van der Waals surface area contributed by atoms with Gasteiger partial charge in [-0.1, -0.05) is 109 Å². The Labute approximate surface area is 197 Å². The molecule has 3 rings (SSSR count). The summed E-state index contributed by atoms with van der Waals surface area (Å²) >= 11 is 0. The van der Waals surface area contributed by atoms with Gasteiger partial charge in [-0.15, -0.1) is 0 Å². The second-order valence-electron chi connectivity index (χ2n) is 9.91. The number of unbranched alkanes of at least 4 members (excludes halogenated alkanes) is 5. The van der Waals surface area contributed by atoms with Gasteiger partial charge in [0, 0.05) is 5.56 Å². The van der Waals surface area contributed by atoms with Crippen LogP contribution in [-0.4, -0.2) is 11.6 Å². The molecular formula is C30H45NO. The third-order valence-electron chi connectivity index (χ3n) is 7.28. The molecule has 0 unspecified atom stereocenters. The summed E-state index contributed by atoms with van der Waals surface area (Å²) in [6, 6.07) is 13.2. The van der Waals surface area contributed by atoms with Gasteiger partial charge in [-0.2, -0.15) is 0 Å². The Bertz CT molecular complexity index is 728. The molecule has 0 amide bonds. The van der Waals surface area contributed by atoms with E-state index in [1.165, 1.54) is 94.6 Å². The van der Waals surface area contributed by atoms with Gasteiger partial charge in [-0.25, -0.2) is 0 Å². The molecule has 0 N–H and O–H groups in total. The van der Waals surface area contributed by atoms with Crippen LogP contribution >= 0.6 is 0 Å². The number of hydrogen-bond acceptors (Lipinski definition) is 2. The average molecular weight is 436 g/mol. The molecule has 32 heavy (non-hydrogen) atoms. The summed E-state index contributed by atoms with van der Waals surface area (Å²) in [5, 5.41) is 0. The molecule has 2 nitrogen and oxygen atoms in total. The predicted molar refractivity (Wildman–Crippen MR) is 137 cm³/mol. The molecule has 0 saturated heterocycles. The zero-order valence-corrected chi connectivity index (χ0v) is 20.7. The molecule has 176 valence electrons. The van der Waals surface area contributed by atoms with Crippen molar-refractivity contribution in [2.75, 3.05) is 6.61 Å². The Morgan fingerprint density at radius 2 is 1.44 bits per heavy atom. The van der Waals surface area contributed by atoms with Crippen LogP contribution < -0.4 is 4.74 Å². The minimum atomic E-state index is 0.782. The highest BCUT2D eigenvalue weighted by molar-refractivity contribution is 5.59. The van der Waals surface area contributed by atoms with Crippen molar-refractivity contribution in [3.8, 4) is 17.0 Å². The molecule has 1 aromatic carbocycles. The number of benzene rings is 1. The standard InChI is InChI=1S/C30H45NO/c1-3-5-7-8-10-25-11-13-26(14-12-25)15-16-27-17-19-28(20-18-27)30-22-21-29(24-31-30)32-23-9-6-4-2/h17-22,24-26H,3-16,23H2,1-2H3/t25-,26-. The van der Waals surface area contributed by atoms with E-state index in [1.54, 1.807) is 0 Å². The summed E-state index contributed by atoms with van der Waals surface area (Å²) in [7, 11) is 0. The fourth-order valence-corrected chi connectivity index (χ4v) is 5.06. The smallest absolute Gasteiger partial charge is 0.137 e. The van der Waals surface area contributed by atoms with E-state index in [0.29, 0.717) is 0 Å². The van der Waals surface area contributed by atoms with Crippen LogP contribution in [0.15, 0.2) is 42.6 Å². The van der Waals surface area contributed by atoms with E-state index in [2.05, 4.69) is 49.2 Å². The topological polar surface area (TPSA) is 22.1 Å². The lowest BCUT2D eigenvalue weighted by molar-refractivity contribution is 0.249. The number of pyridine rings is 1. The molecule has 1 aliphatic rings. The Hall–Kier alpha value is -1.83. The predicted octanol–water partition coefficient (Wildman–Crippen LogP) is 9.03. The van der Waals surface area contributed by atoms with Crippen molar-refractivity contribution >= 4 is 0 Å². The Kier molecular flexibility index (Phi) is 11.1. The van der Waals surface area contributed by atoms with Gasteiger partial charge in [0.2, 0.25) is 0 Å². The highest BCUT2D eigenvalue weighted by Crippen LogP contribution is 2.34. The SMILES string of the molecule is CCCCCC[C@H]1CC[C@H](CCc2ccc(-c3ccc(OCCCCC)cn3)cc2)CC1. The number of aromatic nitrogens is 1. The molecule has 2 heteroatoms. The lowest BCUT2D eigenvalue weighted by Crippen LogP contribution is -2.15. The van der Waals surface area contributed by atoms with Crippen molar-refractivity contribution in [3.63, 3.8) is 0 Å². The number of ether oxygens (including phenoxy) is 1. The first-order valence-electron chi connectivity index (χ1n) is 13.5.